The summed E-state index contributed by atoms with van der Waals surface area (Å²) in [4.78, 5) is 16.3. The summed E-state index contributed by atoms with van der Waals surface area (Å²) >= 11 is 0. The van der Waals surface area contributed by atoms with Crippen LogP contribution in [0.3, 0.4) is 0 Å². The van der Waals surface area contributed by atoms with Gasteiger partial charge in [-0.1, -0.05) is 42.4 Å². The Balaban J connectivity index is 1.62. The predicted molar refractivity (Wildman–Crippen MR) is 86.8 cm³/mol. The molecular weight excluding hydrogens is 328 g/mol. The molecule has 0 saturated carbocycles. The molecule has 0 radical (unpaired) electrons. The van der Waals surface area contributed by atoms with E-state index in [9.17, 15) is 13.6 Å². The van der Waals surface area contributed by atoms with E-state index in [0.29, 0.717) is 11.7 Å². The number of nitrogens with one attached hydrogen (secondary N) is 1. The molecule has 0 aliphatic rings. The summed E-state index contributed by atoms with van der Waals surface area (Å²) in [6.07, 6.45) is 0. The maximum absolute atomic E-state index is 13.2. The first-order valence-electron chi connectivity index (χ1n) is 7.67. The van der Waals surface area contributed by atoms with Crippen molar-refractivity contribution >= 4 is 5.91 Å². The van der Waals surface area contributed by atoms with Gasteiger partial charge in [-0.25, -0.2) is 8.78 Å². The van der Waals surface area contributed by atoms with Crippen LogP contribution < -0.4 is 5.32 Å². The monoisotopic (exact) mass is 343 g/mol. The number of carbonyl (C=O) groups is 1. The molecule has 1 N–H and O–H groups in total. The molecule has 1 heterocycles. The van der Waals surface area contributed by atoms with Gasteiger partial charge in [0.2, 0.25) is 11.7 Å². The van der Waals surface area contributed by atoms with Crippen molar-refractivity contribution in [3.8, 4) is 11.4 Å². The number of hydrogen-bond acceptors (Lipinski definition) is 4. The van der Waals surface area contributed by atoms with E-state index in [1.54, 1.807) is 0 Å². The van der Waals surface area contributed by atoms with E-state index in [1.807, 2.05) is 37.3 Å². The van der Waals surface area contributed by atoms with Gasteiger partial charge in [0.05, 0.1) is 5.92 Å². The summed E-state index contributed by atoms with van der Waals surface area (Å²) < 4.78 is 31.3. The average Bonchev–Trinajstić information content (AvgIpc) is 3.12. The molecule has 0 bridgehead atoms. The van der Waals surface area contributed by atoms with Crippen LogP contribution in [0.1, 0.15) is 29.1 Å². The van der Waals surface area contributed by atoms with Gasteiger partial charge in [0.1, 0.15) is 0 Å². The molecule has 0 fully saturated rings. The average molecular weight is 343 g/mol. The van der Waals surface area contributed by atoms with Gasteiger partial charge >= 0.3 is 0 Å². The Morgan fingerprint density at radius 1 is 1.16 bits per heavy atom. The third kappa shape index (κ3) is 3.88. The van der Waals surface area contributed by atoms with Crippen LogP contribution in [0.15, 0.2) is 53.1 Å². The zero-order chi connectivity index (χ0) is 17.8. The van der Waals surface area contributed by atoms with Gasteiger partial charge in [0, 0.05) is 17.7 Å². The molecule has 2 aromatic carbocycles. The van der Waals surface area contributed by atoms with E-state index in [1.165, 1.54) is 6.07 Å². The van der Waals surface area contributed by atoms with Crippen LogP contribution in [0.25, 0.3) is 11.4 Å². The summed E-state index contributed by atoms with van der Waals surface area (Å²) in [6.45, 7) is 2.03. The largest absolute Gasteiger partial charge is 0.351 e. The molecule has 1 amide bonds. The van der Waals surface area contributed by atoms with Crippen LogP contribution in [-0.4, -0.2) is 22.6 Å². The molecule has 25 heavy (non-hydrogen) atoms. The van der Waals surface area contributed by atoms with Crippen molar-refractivity contribution in [2.24, 2.45) is 0 Å². The lowest BCUT2D eigenvalue weighted by molar-refractivity contribution is 0.0950. The number of amides is 1. The quantitative estimate of drug-likeness (QED) is 0.769. The molecule has 3 aromatic rings. The molecule has 0 aliphatic heterocycles. The highest BCUT2D eigenvalue weighted by Gasteiger charge is 2.17. The molecule has 0 saturated heterocycles. The maximum atomic E-state index is 13.2. The lowest BCUT2D eigenvalue weighted by Crippen LogP contribution is -2.27. The zero-order valence-corrected chi connectivity index (χ0v) is 13.4. The number of halogens is 2. The van der Waals surface area contributed by atoms with Gasteiger partial charge in [0.25, 0.3) is 5.91 Å². The van der Waals surface area contributed by atoms with Crippen LogP contribution in [-0.2, 0) is 0 Å². The van der Waals surface area contributed by atoms with Crippen LogP contribution in [0, 0.1) is 11.6 Å². The Bertz CT molecular complexity index is 881. The number of rotatable bonds is 5. The molecule has 0 spiro atoms. The van der Waals surface area contributed by atoms with E-state index >= 15 is 0 Å². The first-order valence-corrected chi connectivity index (χ1v) is 7.67. The Labute approximate surface area is 142 Å². The predicted octanol–water partition coefficient (Wildman–Crippen LogP) is 3.55. The second-order valence-electron chi connectivity index (χ2n) is 5.56. The van der Waals surface area contributed by atoms with Crippen LogP contribution in [0.5, 0.6) is 0 Å². The van der Waals surface area contributed by atoms with Crippen molar-refractivity contribution in [3.05, 3.63) is 71.6 Å². The highest BCUT2D eigenvalue weighted by atomic mass is 19.2. The summed E-state index contributed by atoms with van der Waals surface area (Å²) in [5, 5.41) is 6.56. The molecular formula is C18H15F2N3O2. The summed E-state index contributed by atoms with van der Waals surface area (Å²) in [5.41, 5.74) is 0.872. The minimum Gasteiger partial charge on any atom is -0.351 e. The highest BCUT2D eigenvalue weighted by Crippen LogP contribution is 2.19. The lowest BCUT2D eigenvalue weighted by atomic mass is 10.1. The van der Waals surface area contributed by atoms with Crippen molar-refractivity contribution in [1.29, 1.82) is 0 Å². The molecule has 1 atom stereocenters. The molecule has 128 valence electrons. The summed E-state index contributed by atoms with van der Waals surface area (Å²) in [5.74, 6) is -1.96. The Kier molecular flexibility index (Phi) is 4.83. The first-order chi connectivity index (χ1) is 12.0. The van der Waals surface area contributed by atoms with E-state index in [2.05, 4.69) is 15.5 Å². The Morgan fingerprint density at radius 2 is 1.92 bits per heavy atom. The van der Waals surface area contributed by atoms with E-state index in [0.717, 1.165) is 17.7 Å². The van der Waals surface area contributed by atoms with E-state index in [-0.39, 0.29) is 18.0 Å². The normalized spacial score (nSPS) is 12.0. The van der Waals surface area contributed by atoms with Gasteiger partial charge in [0.15, 0.2) is 11.6 Å². The minimum atomic E-state index is -1.06. The molecule has 5 nitrogen and oxygen atoms in total. The van der Waals surface area contributed by atoms with Crippen molar-refractivity contribution in [2.75, 3.05) is 6.54 Å². The topological polar surface area (TPSA) is 68.0 Å². The van der Waals surface area contributed by atoms with Gasteiger partial charge in [-0.2, -0.15) is 4.98 Å². The van der Waals surface area contributed by atoms with Gasteiger partial charge < -0.3 is 9.84 Å². The molecule has 3 rings (SSSR count). The van der Waals surface area contributed by atoms with Crippen LogP contribution in [0.2, 0.25) is 0 Å². The number of benzene rings is 2. The second-order valence-corrected chi connectivity index (χ2v) is 5.56. The fourth-order valence-electron chi connectivity index (χ4n) is 2.21. The van der Waals surface area contributed by atoms with E-state index in [4.69, 9.17) is 4.52 Å². The van der Waals surface area contributed by atoms with Gasteiger partial charge in [-0.05, 0) is 18.2 Å². The Morgan fingerprint density at radius 3 is 2.64 bits per heavy atom. The summed E-state index contributed by atoms with van der Waals surface area (Å²) in [7, 11) is 0. The maximum Gasteiger partial charge on any atom is 0.251 e. The fourth-order valence-corrected chi connectivity index (χ4v) is 2.21. The lowest BCUT2D eigenvalue weighted by Gasteiger charge is -2.09. The SMILES string of the molecule is CC(CNC(=O)c1ccc(F)c(F)c1)c1nc(-c2ccccc2)no1. The zero-order valence-electron chi connectivity index (χ0n) is 13.4. The molecule has 1 aromatic heterocycles. The smallest absolute Gasteiger partial charge is 0.251 e. The third-order valence-electron chi connectivity index (χ3n) is 3.65. The molecule has 1 unspecified atom stereocenters. The summed E-state index contributed by atoms with van der Waals surface area (Å²) in [6, 6.07) is 12.4. The van der Waals surface area contributed by atoms with E-state index < -0.39 is 17.5 Å². The second kappa shape index (κ2) is 7.21. The number of hydrogen-bond donors (Lipinski definition) is 1. The standard InChI is InChI=1S/C18H15F2N3O2/c1-11(10-21-17(24)13-7-8-14(19)15(20)9-13)18-22-16(23-25-18)12-5-3-2-4-6-12/h2-9,11H,10H2,1H3,(H,21,24). The van der Waals surface area contributed by atoms with Crippen molar-refractivity contribution in [1.82, 2.24) is 15.5 Å². The van der Waals surface area contributed by atoms with Crippen LogP contribution in [0.4, 0.5) is 8.78 Å². The van der Waals surface area contributed by atoms with Crippen molar-refractivity contribution in [3.63, 3.8) is 0 Å². The number of nitrogens with zero attached hydrogens (tertiary/aromatic N) is 2. The first kappa shape index (κ1) is 16.8. The van der Waals surface area contributed by atoms with Gasteiger partial charge in [-0.3, -0.25) is 4.79 Å². The van der Waals surface area contributed by atoms with Gasteiger partial charge in [-0.15, -0.1) is 0 Å². The fraction of sp³-hybridized carbons (Fsp3) is 0.167. The minimum absolute atomic E-state index is 0.0432. The molecule has 7 heteroatoms. The van der Waals surface area contributed by atoms with Crippen molar-refractivity contribution < 1.29 is 18.1 Å². The van der Waals surface area contributed by atoms with Crippen LogP contribution >= 0.6 is 0 Å². The number of aromatic nitrogens is 2. The van der Waals surface area contributed by atoms with Crippen molar-refractivity contribution in [2.45, 2.75) is 12.8 Å². The highest BCUT2D eigenvalue weighted by molar-refractivity contribution is 5.94. The molecule has 0 aliphatic carbocycles. The third-order valence-corrected chi connectivity index (χ3v) is 3.65. The number of carbonyl (C=O) groups excluding carboxylic acids is 1. The Hall–Kier alpha value is -3.09.